The summed E-state index contributed by atoms with van der Waals surface area (Å²) in [6, 6.07) is 2.25. The molecule has 0 aromatic carbocycles. The molecule has 0 unspecified atom stereocenters. The Balaban J connectivity index is 3.20. The fourth-order valence-corrected chi connectivity index (χ4v) is 2.72. The molecule has 0 aliphatic heterocycles. The highest BCUT2D eigenvalue weighted by atomic mass is 32.1. The fourth-order valence-electron chi connectivity index (χ4n) is 1.88. The molecule has 1 heterocycles. The van der Waals surface area contributed by atoms with E-state index < -0.39 is 0 Å². The third-order valence-electron chi connectivity index (χ3n) is 3.21. The Morgan fingerprint density at radius 2 is 1.95 bits per heavy atom. The third kappa shape index (κ3) is 4.03. The Labute approximate surface area is 120 Å². The molecule has 1 N–H and O–H groups in total. The van der Waals surface area contributed by atoms with Crippen LogP contribution in [0.25, 0.3) is 5.57 Å². The lowest BCUT2D eigenvalue weighted by atomic mass is 9.97. The number of thiophene rings is 1. The summed E-state index contributed by atoms with van der Waals surface area (Å²) in [5.41, 5.74) is 5.23. The van der Waals surface area contributed by atoms with E-state index in [9.17, 15) is 0 Å². The smallest absolute Gasteiger partial charge is 0.0357 e. The van der Waals surface area contributed by atoms with E-state index in [-0.39, 0.29) is 0 Å². The van der Waals surface area contributed by atoms with E-state index in [4.69, 9.17) is 5.41 Å². The summed E-state index contributed by atoms with van der Waals surface area (Å²) in [4.78, 5) is 1.40. The van der Waals surface area contributed by atoms with Crippen LogP contribution < -0.4 is 0 Å². The second-order valence-electron chi connectivity index (χ2n) is 4.55. The molecular formula is C17H23NS. The van der Waals surface area contributed by atoms with Gasteiger partial charge in [-0.1, -0.05) is 19.1 Å². The number of nitrogens with one attached hydrogen (secondary N) is 1. The Morgan fingerprint density at radius 3 is 2.37 bits per heavy atom. The van der Waals surface area contributed by atoms with Crippen molar-refractivity contribution in [2.45, 2.75) is 41.0 Å². The van der Waals surface area contributed by atoms with Crippen LogP contribution in [-0.4, -0.2) is 5.71 Å². The van der Waals surface area contributed by atoms with Crippen molar-refractivity contribution >= 4 is 22.6 Å². The Bertz CT molecular complexity index is 541. The van der Waals surface area contributed by atoms with E-state index in [0.717, 1.165) is 17.6 Å². The Kier molecular flexibility index (Phi) is 5.97. The van der Waals surface area contributed by atoms with Gasteiger partial charge in [0.1, 0.15) is 0 Å². The van der Waals surface area contributed by atoms with E-state index in [1.54, 1.807) is 11.3 Å². The standard InChI is InChI=1S/C17H23NS/c1-6-12(4)17(13(5)18)10-14(7-2)15-9-16(8-3)19-11-15/h6-7,9-11,18H,8H2,1-5H3/b12-6-,14-7+,17-10-,18-13?. The maximum absolute atomic E-state index is 7.92. The predicted octanol–water partition coefficient (Wildman–Crippen LogP) is 5.65. The van der Waals surface area contributed by atoms with Gasteiger partial charge in [0, 0.05) is 10.6 Å². The van der Waals surface area contributed by atoms with Gasteiger partial charge in [-0.2, -0.15) is 0 Å². The molecule has 0 spiro atoms. The van der Waals surface area contributed by atoms with Crippen LogP contribution in [0.1, 0.15) is 45.1 Å². The van der Waals surface area contributed by atoms with E-state index >= 15 is 0 Å². The normalized spacial score (nSPS) is 13.8. The minimum absolute atomic E-state index is 0.612. The summed E-state index contributed by atoms with van der Waals surface area (Å²) in [5.74, 6) is 0. The van der Waals surface area contributed by atoms with Crippen molar-refractivity contribution < 1.29 is 0 Å². The number of hydrogen-bond acceptors (Lipinski definition) is 2. The van der Waals surface area contributed by atoms with Gasteiger partial charge >= 0.3 is 0 Å². The van der Waals surface area contributed by atoms with Gasteiger partial charge in [-0.3, -0.25) is 0 Å². The average Bonchev–Trinajstić information content (AvgIpc) is 2.87. The number of hydrogen-bond donors (Lipinski definition) is 1. The molecule has 0 bridgehead atoms. The van der Waals surface area contributed by atoms with E-state index in [1.807, 2.05) is 13.8 Å². The van der Waals surface area contributed by atoms with Gasteiger partial charge in [-0.15, -0.1) is 11.3 Å². The lowest BCUT2D eigenvalue weighted by Crippen LogP contribution is -1.98. The van der Waals surface area contributed by atoms with Crippen LogP contribution >= 0.6 is 11.3 Å². The zero-order valence-electron chi connectivity index (χ0n) is 12.5. The first-order valence-corrected chi connectivity index (χ1v) is 7.56. The van der Waals surface area contributed by atoms with Crippen molar-refractivity contribution in [2.75, 3.05) is 0 Å². The summed E-state index contributed by atoms with van der Waals surface area (Å²) in [6.07, 6.45) is 7.38. The first-order chi connectivity index (χ1) is 9.03. The van der Waals surface area contributed by atoms with Crippen molar-refractivity contribution in [3.63, 3.8) is 0 Å². The van der Waals surface area contributed by atoms with Gasteiger partial charge in [-0.25, -0.2) is 0 Å². The van der Waals surface area contributed by atoms with Crippen molar-refractivity contribution in [3.05, 3.63) is 51.3 Å². The molecule has 1 nitrogen and oxygen atoms in total. The molecule has 1 aromatic heterocycles. The second kappa shape index (κ2) is 7.25. The van der Waals surface area contributed by atoms with Crippen molar-refractivity contribution in [3.8, 4) is 0 Å². The largest absolute Gasteiger partial charge is 0.305 e. The molecule has 0 saturated carbocycles. The summed E-state index contributed by atoms with van der Waals surface area (Å²) in [7, 11) is 0. The quantitative estimate of drug-likeness (QED) is 0.530. The van der Waals surface area contributed by atoms with Gasteiger partial charge in [0.25, 0.3) is 0 Å². The van der Waals surface area contributed by atoms with Gasteiger partial charge in [-0.05, 0) is 73.9 Å². The topological polar surface area (TPSA) is 23.9 Å². The molecule has 19 heavy (non-hydrogen) atoms. The second-order valence-corrected chi connectivity index (χ2v) is 5.55. The molecule has 2 heteroatoms. The highest BCUT2D eigenvalue weighted by molar-refractivity contribution is 7.10. The van der Waals surface area contributed by atoms with Crippen LogP contribution in [0.4, 0.5) is 0 Å². The van der Waals surface area contributed by atoms with Crippen LogP contribution in [0.15, 0.2) is 40.8 Å². The monoisotopic (exact) mass is 273 g/mol. The minimum Gasteiger partial charge on any atom is -0.305 e. The third-order valence-corrected chi connectivity index (χ3v) is 4.29. The van der Waals surface area contributed by atoms with E-state index in [1.165, 1.54) is 16.0 Å². The van der Waals surface area contributed by atoms with Gasteiger partial charge < -0.3 is 5.41 Å². The van der Waals surface area contributed by atoms with Gasteiger partial charge in [0.05, 0.1) is 0 Å². The zero-order chi connectivity index (χ0) is 14.4. The van der Waals surface area contributed by atoms with Gasteiger partial charge in [0.2, 0.25) is 0 Å². The average molecular weight is 273 g/mol. The molecule has 1 aromatic rings. The SMILES string of the molecule is C\C=C(C)/C(=C/C(=C\C)c1csc(CC)c1)C(C)=N. The molecule has 1 rings (SSSR count). The Hall–Kier alpha value is -1.41. The lowest BCUT2D eigenvalue weighted by Gasteiger charge is -2.08. The zero-order valence-corrected chi connectivity index (χ0v) is 13.3. The van der Waals surface area contributed by atoms with Crippen LogP contribution in [-0.2, 0) is 6.42 Å². The molecule has 0 atom stereocenters. The van der Waals surface area contributed by atoms with Crippen LogP contribution in [0.5, 0.6) is 0 Å². The van der Waals surface area contributed by atoms with Crippen molar-refractivity contribution in [1.29, 1.82) is 5.41 Å². The number of rotatable bonds is 5. The van der Waals surface area contributed by atoms with Gasteiger partial charge in [0.15, 0.2) is 0 Å². The van der Waals surface area contributed by atoms with Crippen molar-refractivity contribution in [2.24, 2.45) is 0 Å². The number of aryl methyl sites for hydroxylation is 1. The maximum atomic E-state index is 7.92. The van der Waals surface area contributed by atoms with Crippen LogP contribution in [0.2, 0.25) is 0 Å². The summed E-state index contributed by atoms with van der Waals surface area (Å²) >= 11 is 1.80. The minimum atomic E-state index is 0.612. The molecule has 0 radical (unpaired) electrons. The number of allylic oxidation sites excluding steroid dienone is 6. The molecular weight excluding hydrogens is 250 g/mol. The fraction of sp³-hybridized carbons (Fsp3) is 0.353. The highest BCUT2D eigenvalue weighted by Gasteiger charge is 2.07. The molecule has 0 amide bonds. The molecule has 0 fully saturated rings. The first-order valence-electron chi connectivity index (χ1n) is 6.68. The molecule has 0 saturated heterocycles. The van der Waals surface area contributed by atoms with E-state index in [0.29, 0.717) is 5.71 Å². The summed E-state index contributed by atoms with van der Waals surface area (Å²) in [5, 5.41) is 10.1. The van der Waals surface area contributed by atoms with E-state index in [2.05, 4.69) is 50.4 Å². The van der Waals surface area contributed by atoms with Crippen molar-refractivity contribution in [1.82, 2.24) is 0 Å². The molecule has 0 aliphatic rings. The first kappa shape index (κ1) is 15.6. The molecule has 102 valence electrons. The van der Waals surface area contributed by atoms with Crippen LogP contribution in [0.3, 0.4) is 0 Å². The Morgan fingerprint density at radius 1 is 1.26 bits per heavy atom. The highest BCUT2D eigenvalue weighted by Crippen LogP contribution is 2.26. The summed E-state index contributed by atoms with van der Waals surface area (Å²) in [6.45, 7) is 10.1. The summed E-state index contributed by atoms with van der Waals surface area (Å²) < 4.78 is 0. The molecule has 0 aliphatic carbocycles. The predicted molar refractivity (Wildman–Crippen MR) is 88.3 cm³/mol. The maximum Gasteiger partial charge on any atom is 0.0357 e. The lowest BCUT2D eigenvalue weighted by molar-refractivity contribution is 1.19. The van der Waals surface area contributed by atoms with Crippen LogP contribution in [0, 0.1) is 5.41 Å².